The third-order valence-electron chi connectivity index (χ3n) is 3.39. The first kappa shape index (κ1) is 13.4. The Morgan fingerprint density at radius 1 is 1.39 bits per heavy atom. The Kier molecular flexibility index (Phi) is 3.64. The maximum absolute atomic E-state index is 11.5. The molecule has 0 unspecified atom stereocenters. The number of aryl methyl sites for hydroxylation is 2. The number of rotatable bonds is 3. The monoisotopic (exact) mass is 269 g/mol. The van der Waals surface area contributed by atoms with Crippen LogP contribution < -0.4 is 5.32 Å². The first-order valence-corrected chi connectivity index (χ1v) is 7.98. The van der Waals surface area contributed by atoms with Crippen LogP contribution in [0.15, 0.2) is 18.2 Å². The molecule has 18 heavy (non-hydrogen) atoms. The van der Waals surface area contributed by atoms with E-state index >= 15 is 0 Å². The highest BCUT2D eigenvalue weighted by molar-refractivity contribution is 7.91. The van der Waals surface area contributed by atoms with Gasteiger partial charge in [-0.25, -0.2) is 8.42 Å². The van der Waals surface area contributed by atoms with Gasteiger partial charge in [0.1, 0.15) is 0 Å². The highest BCUT2D eigenvalue weighted by Crippen LogP contribution is 2.25. The molecule has 2 rings (SSSR count). The topological polar surface area (TPSA) is 66.4 Å². The van der Waals surface area contributed by atoms with Crippen molar-refractivity contribution in [2.24, 2.45) is 0 Å². The van der Waals surface area contributed by atoms with Gasteiger partial charge in [-0.3, -0.25) is 0 Å². The number of aliphatic hydroxyl groups is 1. The Morgan fingerprint density at radius 2 is 2.11 bits per heavy atom. The molecule has 1 aliphatic heterocycles. The van der Waals surface area contributed by atoms with E-state index in [1.165, 1.54) is 0 Å². The zero-order valence-corrected chi connectivity index (χ0v) is 11.5. The highest BCUT2D eigenvalue weighted by Gasteiger charge is 2.36. The van der Waals surface area contributed by atoms with Crippen molar-refractivity contribution in [2.45, 2.75) is 32.4 Å². The van der Waals surface area contributed by atoms with E-state index < -0.39 is 22.0 Å². The molecule has 1 heterocycles. The Bertz CT molecular complexity index is 539. The summed E-state index contributed by atoms with van der Waals surface area (Å²) in [4.78, 5) is 0. The van der Waals surface area contributed by atoms with Crippen molar-refractivity contribution in [2.75, 3.05) is 16.8 Å². The Morgan fingerprint density at radius 3 is 2.67 bits per heavy atom. The molecule has 1 saturated heterocycles. The first-order valence-electron chi connectivity index (χ1n) is 6.16. The Labute approximate surface area is 108 Å². The van der Waals surface area contributed by atoms with Gasteiger partial charge in [-0.05, 0) is 24.5 Å². The predicted octanol–water partition coefficient (Wildman–Crippen LogP) is 1.13. The number of anilines is 1. The smallest absolute Gasteiger partial charge is 0.155 e. The van der Waals surface area contributed by atoms with E-state index in [-0.39, 0.29) is 11.5 Å². The van der Waals surface area contributed by atoms with Gasteiger partial charge >= 0.3 is 0 Å². The van der Waals surface area contributed by atoms with Gasteiger partial charge in [0.25, 0.3) is 0 Å². The SMILES string of the molecule is CCc1cccc(C)c1N[C@@H]1CS(=O)(=O)C[C@@H]1O. The summed E-state index contributed by atoms with van der Waals surface area (Å²) in [6.07, 6.45) is 0.0545. The summed E-state index contributed by atoms with van der Waals surface area (Å²) in [6, 6.07) is 5.59. The van der Waals surface area contributed by atoms with E-state index in [1.807, 2.05) is 25.1 Å². The fourth-order valence-corrected chi connectivity index (χ4v) is 4.12. The number of aliphatic hydroxyl groups excluding tert-OH is 1. The molecule has 0 radical (unpaired) electrons. The largest absolute Gasteiger partial charge is 0.390 e. The molecule has 2 atom stereocenters. The van der Waals surface area contributed by atoms with Crippen molar-refractivity contribution in [3.63, 3.8) is 0 Å². The van der Waals surface area contributed by atoms with Crippen LogP contribution >= 0.6 is 0 Å². The summed E-state index contributed by atoms with van der Waals surface area (Å²) in [7, 11) is -3.11. The summed E-state index contributed by atoms with van der Waals surface area (Å²) >= 11 is 0. The second-order valence-corrected chi connectivity index (χ2v) is 7.01. The van der Waals surface area contributed by atoms with Gasteiger partial charge in [0.05, 0.1) is 23.7 Å². The molecule has 100 valence electrons. The van der Waals surface area contributed by atoms with Gasteiger partial charge in [0.15, 0.2) is 9.84 Å². The summed E-state index contributed by atoms with van der Waals surface area (Å²) in [5.41, 5.74) is 3.18. The van der Waals surface area contributed by atoms with Gasteiger partial charge in [-0.2, -0.15) is 0 Å². The molecule has 0 amide bonds. The number of sulfone groups is 1. The van der Waals surface area contributed by atoms with E-state index in [4.69, 9.17) is 0 Å². The van der Waals surface area contributed by atoms with Crippen molar-refractivity contribution in [3.05, 3.63) is 29.3 Å². The second-order valence-electron chi connectivity index (χ2n) is 4.86. The van der Waals surface area contributed by atoms with E-state index in [1.54, 1.807) is 0 Å². The Hall–Kier alpha value is -1.07. The molecule has 1 fully saturated rings. The highest BCUT2D eigenvalue weighted by atomic mass is 32.2. The minimum absolute atomic E-state index is 0.00561. The lowest BCUT2D eigenvalue weighted by Gasteiger charge is -2.20. The molecule has 0 spiro atoms. The average molecular weight is 269 g/mol. The minimum atomic E-state index is -3.11. The lowest BCUT2D eigenvalue weighted by molar-refractivity contribution is 0.190. The third-order valence-corrected chi connectivity index (χ3v) is 5.11. The van der Waals surface area contributed by atoms with Crippen LogP contribution in [0.25, 0.3) is 0 Å². The molecule has 0 saturated carbocycles. The fourth-order valence-electron chi connectivity index (χ4n) is 2.38. The summed E-state index contributed by atoms with van der Waals surface area (Å²) in [6.45, 7) is 4.04. The maximum Gasteiger partial charge on any atom is 0.155 e. The normalized spacial score (nSPS) is 26.2. The summed E-state index contributed by atoms with van der Waals surface area (Å²) < 4.78 is 23.0. The molecule has 1 aromatic carbocycles. The lowest BCUT2D eigenvalue weighted by Crippen LogP contribution is -2.32. The van der Waals surface area contributed by atoms with Crippen LogP contribution in [0.2, 0.25) is 0 Å². The molecule has 0 aliphatic carbocycles. The molecule has 2 N–H and O–H groups in total. The molecule has 0 bridgehead atoms. The molecule has 1 aliphatic rings. The van der Waals surface area contributed by atoms with Crippen LogP contribution in [0.5, 0.6) is 0 Å². The number of hydrogen-bond acceptors (Lipinski definition) is 4. The van der Waals surface area contributed by atoms with Crippen LogP contribution in [0.1, 0.15) is 18.1 Å². The molecular weight excluding hydrogens is 250 g/mol. The van der Waals surface area contributed by atoms with E-state index in [2.05, 4.69) is 12.2 Å². The van der Waals surface area contributed by atoms with Crippen molar-refractivity contribution < 1.29 is 13.5 Å². The quantitative estimate of drug-likeness (QED) is 0.863. The standard InChI is InChI=1S/C13H19NO3S/c1-3-10-6-4-5-9(2)13(10)14-11-7-18(16,17)8-12(11)15/h4-6,11-12,14-15H,3,7-8H2,1-2H3/t11-,12+/m1/s1. The van der Waals surface area contributed by atoms with E-state index in [9.17, 15) is 13.5 Å². The Balaban J connectivity index is 2.25. The molecule has 4 nitrogen and oxygen atoms in total. The fraction of sp³-hybridized carbons (Fsp3) is 0.538. The molecule has 0 aromatic heterocycles. The maximum atomic E-state index is 11.5. The molecular formula is C13H19NO3S. The van der Waals surface area contributed by atoms with Crippen molar-refractivity contribution in [1.82, 2.24) is 0 Å². The van der Waals surface area contributed by atoms with Crippen LogP contribution in [0, 0.1) is 6.92 Å². The second kappa shape index (κ2) is 4.90. The van der Waals surface area contributed by atoms with Gasteiger partial charge in [0.2, 0.25) is 0 Å². The minimum Gasteiger partial charge on any atom is -0.390 e. The summed E-state index contributed by atoms with van der Waals surface area (Å²) in [5.74, 6) is -0.135. The predicted molar refractivity (Wildman–Crippen MR) is 72.6 cm³/mol. The third kappa shape index (κ3) is 2.67. The zero-order chi connectivity index (χ0) is 13.3. The van der Waals surface area contributed by atoms with Crippen LogP contribution in [0.3, 0.4) is 0 Å². The molecule has 5 heteroatoms. The van der Waals surface area contributed by atoms with Crippen molar-refractivity contribution in [3.8, 4) is 0 Å². The van der Waals surface area contributed by atoms with Gasteiger partial charge in [-0.15, -0.1) is 0 Å². The van der Waals surface area contributed by atoms with Gasteiger partial charge in [-0.1, -0.05) is 25.1 Å². The average Bonchev–Trinajstić information content (AvgIpc) is 2.54. The van der Waals surface area contributed by atoms with Crippen LogP contribution in [0.4, 0.5) is 5.69 Å². The lowest BCUT2D eigenvalue weighted by atomic mass is 10.0. The van der Waals surface area contributed by atoms with Gasteiger partial charge < -0.3 is 10.4 Å². The van der Waals surface area contributed by atoms with Crippen molar-refractivity contribution >= 4 is 15.5 Å². The van der Waals surface area contributed by atoms with E-state index in [0.29, 0.717) is 0 Å². The number of benzene rings is 1. The molecule has 1 aromatic rings. The van der Waals surface area contributed by atoms with E-state index in [0.717, 1.165) is 23.2 Å². The van der Waals surface area contributed by atoms with Crippen molar-refractivity contribution in [1.29, 1.82) is 0 Å². The number of hydrogen-bond donors (Lipinski definition) is 2. The number of para-hydroxylation sites is 1. The van der Waals surface area contributed by atoms with Crippen LogP contribution in [-0.2, 0) is 16.3 Å². The first-order chi connectivity index (χ1) is 8.43. The zero-order valence-electron chi connectivity index (χ0n) is 10.7. The summed E-state index contributed by atoms with van der Waals surface area (Å²) in [5, 5.41) is 13.0. The van der Waals surface area contributed by atoms with Gasteiger partial charge in [0, 0.05) is 5.69 Å². The number of nitrogens with one attached hydrogen (secondary N) is 1. The van der Waals surface area contributed by atoms with Crippen LogP contribution in [-0.4, -0.2) is 37.2 Å².